The van der Waals surface area contributed by atoms with Gasteiger partial charge in [-0.05, 0) is 47.9 Å². The third kappa shape index (κ3) is 2.93. The summed E-state index contributed by atoms with van der Waals surface area (Å²) < 4.78 is 0. The Hall–Kier alpha value is -1.12. The Morgan fingerprint density at radius 2 is 1.90 bits per heavy atom. The zero-order chi connectivity index (χ0) is 15.0. The topological polar surface area (TPSA) is 26.0 Å². The molecule has 112 valence electrons. The molecule has 0 radical (unpaired) electrons. The predicted molar refractivity (Wildman–Crippen MR) is 92.1 cm³/mol. The van der Waals surface area contributed by atoms with E-state index in [0.29, 0.717) is 5.92 Å². The summed E-state index contributed by atoms with van der Waals surface area (Å²) in [7, 11) is 0. The Morgan fingerprint density at radius 3 is 2.62 bits per heavy atom. The zero-order valence-electron chi connectivity index (χ0n) is 13.2. The lowest BCUT2D eigenvalue weighted by molar-refractivity contribution is 0.479. The van der Waals surface area contributed by atoms with Gasteiger partial charge in [-0.1, -0.05) is 45.0 Å². The van der Waals surface area contributed by atoms with Gasteiger partial charge in [0.15, 0.2) is 0 Å². The van der Waals surface area contributed by atoms with Crippen molar-refractivity contribution >= 4 is 11.3 Å². The average molecular weight is 299 g/mol. The highest BCUT2D eigenvalue weighted by molar-refractivity contribution is 7.12. The van der Waals surface area contributed by atoms with Gasteiger partial charge in [0.05, 0.1) is 0 Å². The maximum atomic E-state index is 6.65. The highest BCUT2D eigenvalue weighted by Crippen LogP contribution is 2.42. The lowest BCUT2D eigenvalue weighted by atomic mass is 9.78. The molecule has 0 bridgehead atoms. The minimum Gasteiger partial charge on any atom is -0.323 e. The summed E-state index contributed by atoms with van der Waals surface area (Å²) in [5, 5.41) is 0. The van der Waals surface area contributed by atoms with Crippen LogP contribution < -0.4 is 5.73 Å². The number of hydrogen-bond donors (Lipinski definition) is 1. The number of nitrogens with two attached hydrogens (primary N) is 1. The Bertz CT molecular complexity index is 620. The van der Waals surface area contributed by atoms with E-state index in [4.69, 9.17) is 5.73 Å². The standard InChI is InChI=1S/C19H25NS/c1-19(2,3)17-12-11-16(21-17)18(20)15-10-6-8-13-7-4-5-9-14(13)15/h4-5,7,9,11-12,15,18H,6,8,10,20H2,1-3H3. The molecule has 2 aromatic rings. The highest BCUT2D eigenvalue weighted by Gasteiger charge is 2.28. The van der Waals surface area contributed by atoms with Crippen LogP contribution in [0.5, 0.6) is 0 Å². The van der Waals surface area contributed by atoms with Crippen LogP contribution in [0.15, 0.2) is 36.4 Å². The number of benzene rings is 1. The highest BCUT2D eigenvalue weighted by atomic mass is 32.1. The first-order valence-corrected chi connectivity index (χ1v) is 8.72. The lowest BCUT2D eigenvalue weighted by Crippen LogP contribution is -2.22. The van der Waals surface area contributed by atoms with E-state index in [9.17, 15) is 0 Å². The summed E-state index contributed by atoms with van der Waals surface area (Å²) >= 11 is 1.89. The van der Waals surface area contributed by atoms with E-state index in [0.717, 1.165) is 0 Å². The van der Waals surface area contributed by atoms with Gasteiger partial charge in [-0.25, -0.2) is 0 Å². The molecule has 0 saturated heterocycles. The van der Waals surface area contributed by atoms with Gasteiger partial charge in [0.2, 0.25) is 0 Å². The van der Waals surface area contributed by atoms with E-state index >= 15 is 0 Å². The fourth-order valence-electron chi connectivity index (χ4n) is 3.30. The molecule has 2 atom stereocenters. The molecule has 1 aromatic heterocycles. The van der Waals surface area contributed by atoms with Crippen molar-refractivity contribution in [2.24, 2.45) is 5.73 Å². The molecule has 1 heterocycles. The molecule has 1 aromatic carbocycles. The second-order valence-corrected chi connectivity index (χ2v) is 8.29. The molecule has 3 rings (SSSR count). The van der Waals surface area contributed by atoms with Crippen LogP contribution in [0.25, 0.3) is 0 Å². The molecule has 1 nitrogen and oxygen atoms in total. The van der Waals surface area contributed by atoms with Gasteiger partial charge in [0, 0.05) is 21.7 Å². The molecule has 0 saturated carbocycles. The minimum atomic E-state index is 0.132. The van der Waals surface area contributed by atoms with Crippen molar-refractivity contribution in [2.75, 3.05) is 0 Å². The molecule has 2 heteroatoms. The maximum Gasteiger partial charge on any atom is 0.0459 e. The van der Waals surface area contributed by atoms with E-state index in [2.05, 4.69) is 57.2 Å². The third-order valence-corrected chi connectivity index (χ3v) is 6.16. The monoisotopic (exact) mass is 299 g/mol. The summed E-state index contributed by atoms with van der Waals surface area (Å²) in [4.78, 5) is 2.76. The van der Waals surface area contributed by atoms with Gasteiger partial charge in [-0.2, -0.15) is 0 Å². The van der Waals surface area contributed by atoms with E-state index in [-0.39, 0.29) is 11.5 Å². The van der Waals surface area contributed by atoms with Crippen molar-refractivity contribution < 1.29 is 0 Å². The summed E-state index contributed by atoms with van der Waals surface area (Å²) in [5.74, 6) is 0.474. The molecular formula is C19H25NS. The van der Waals surface area contributed by atoms with Gasteiger partial charge < -0.3 is 5.73 Å². The molecule has 1 aliphatic rings. The van der Waals surface area contributed by atoms with E-state index < -0.39 is 0 Å². The van der Waals surface area contributed by atoms with Gasteiger partial charge in [0.1, 0.15) is 0 Å². The Labute approximate surface area is 132 Å². The van der Waals surface area contributed by atoms with Crippen LogP contribution in [0, 0.1) is 0 Å². The molecule has 21 heavy (non-hydrogen) atoms. The summed E-state index contributed by atoms with van der Waals surface area (Å²) in [6, 6.07) is 13.5. The molecule has 2 unspecified atom stereocenters. The molecular weight excluding hydrogens is 274 g/mol. The predicted octanol–water partition coefficient (Wildman–Crippen LogP) is 5.17. The van der Waals surface area contributed by atoms with Crippen LogP contribution in [-0.4, -0.2) is 0 Å². The number of hydrogen-bond acceptors (Lipinski definition) is 2. The SMILES string of the molecule is CC(C)(C)c1ccc(C(N)C2CCCc3ccccc32)s1. The first-order valence-electron chi connectivity index (χ1n) is 7.90. The number of thiophene rings is 1. The molecule has 0 spiro atoms. The van der Waals surface area contributed by atoms with Crippen LogP contribution in [0.2, 0.25) is 0 Å². The fourth-order valence-corrected chi connectivity index (χ4v) is 4.43. The van der Waals surface area contributed by atoms with E-state index in [1.165, 1.54) is 40.1 Å². The number of rotatable bonds is 2. The van der Waals surface area contributed by atoms with Crippen LogP contribution >= 0.6 is 11.3 Å². The second-order valence-electron chi connectivity index (χ2n) is 7.18. The van der Waals surface area contributed by atoms with Crippen LogP contribution in [0.3, 0.4) is 0 Å². The maximum absolute atomic E-state index is 6.65. The third-order valence-electron chi connectivity index (χ3n) is 4.54. The summed E-state index contributed by atoms with van der Waals surface area (Å²) in [6.07, 6.45) is 3.67. The average Bonchev–Trinajstić information content (AvgIpc) is 2.96. The first-order chi connectivity index (χ1) is 9.97. The molecule has 0 aliphatic heterocycles. The largest absolute Gasteiger partial charge is 0.323 e. The van der Waals surface area contributed by atoms with E-state index in [1.54, 1.807) is 0 Å². The summed E-state index contributed by atoms with van der Waals surface area (Å²) in [5.41, 5.74) is 9.84. The van der Waals surface area contributed by atoms with Crippen LogP contribution in [0.4, 0.5) is 0 Å². The Kier molecular flexibility index (Phi) is 3.94. The van der Waals surface area contributed by atoms with Crippen molar-refractivity contribution in [3.05, 3.63) is 57.3 Å². The molecule has 0 amide bonds. The molecule has 0 fully saturated rings. The van der Waals surface area contributed by atoms with Crippen LogP contribution in [-0.2, 0) is 11.8 Å². The minimum absolute atomic E-state index is 0.132. The van der Waals surface area contributed by atoms with Gasteiger partial charge in [0.25, 0.3) is 0 Å². The van der Waals surface area contributed by atoms with Crippen molar-refractivity contribution in [3.63, 3.8) is 0 Å². The number of aryl methyl sites for hydroxylation is 1. The lowest BCUT2D eigenvalue weighted by Gasteiger charge is -2.29. The normalized spacial score (nSPS) is 20.1. The Morgan fingerprint density at radius 1 is 1.14 bits per heavy atom. The van der Waals surface area contributed by atoms with Gasteiger partial charge in [-0.3, -0.25) is 0 Å². The molecule has 2 N–H and O–H groups in total. The number of fused-ring (bicyclic) bond motifs is 1. The van der Waals surface area contributed by atoms with Gasteiger partial charge in [-0.15, -0.1) is 11.3 Å². The molecule has 1 aliphatic carbocycles. The van der Waals surface area contributed by atoms with Crippen molar-refractivity contribution in [2.45, 2.75) is 57.4 Å². The van der Waals surface area contributed by atoms with E-state index in [1.807, 2.05) is 11.3 Å². The quantitative estimate of drug-likeness (QED) is 0.814. The van der Waals surface area contributed by atoms with Gasteiger partial charge >= 0.3 is 0 Å². The van der Waals surface area contributed by atoms with Crippen LogP contribution in [0.1, 0.15) is 66.5 Å². The zero-order valence-corrected chi connectivity index (χ0v) is 14.0. The van der Waals surface area contributed by atoms with Crippen molar-refractivity contribution in [3.8, 4) is 0 Å². The first kappa shape index (κ1) is 14.8. The summed E-state index contributed by atoms with van der Waals surface area (Å²) in [6.45, 7) is 6.80. The second kappa shape index (κ2) is 5.58. The fraction of sp³-hybridized carbons (Fsp3) is 0.474. The Balaban J connectivity index is 1.89. The van der Waals surface area contributed by atoms with Crippen molar-refractivity contribution in [1.29, 1.82) is 0 Å². The smallest absolute Gasteiger partial charge is 0.0459 e. The van der Waals surface area contributed by atoms with Crippen molar-refractivity contribution in [1.82, 2.24) is 0 Å².